The molecule has 3 aromatic carbocycles. The van der Waals surface area contributed by atoms with E-state index in [0.717, 1.165) is 5.56 Å². The van der Waals surface area contributed by atoms with Gasteiger partial charge in [-0.15, -0.1) is 0 Å². The number of ether oxygens (including phenoxy) is 2. The largest absolute Gasteiger partial charge is 0.497 e. The number of hydrazone groups is 1. The quantitative estimate of drug-likeness (QED) is 0.290. The molecule has 1 N–H and O–H groups in total. The van der Waals surface area contributed by atoms with Crippen LogP contribution in [0.1, 0.15) is 21.5 Å². The van der Waals surface area contributed by atoms with Gasteiger partial charge in [-0.3, -0.25) is 4.79 Å². The summed E-state index contributed by atoms with van der Waals surface area (Å²) in [7, 11) is 1.56. The van der Waals surface area contributed by atoms with Crippen LogP contribution in [0.4, 0.5) is 0 Å². The van der Waals surface area contributed by atoms with Crippen LogP contribution in [0.5, 0.6) is 11.5 Å². The van der Waals surface area contributed by atoms with Gasteiger partial charge in [-0.25, -0.2) is 10.2 Å². The summed E-state index contributed by atoms with van der Waals surface area (Å²) in [6.45, 7) is 0. The van der Waals surface area contributed by atoms with Crippen molar-refractivity contribution in [3.05, 3.63) is 95.6 Å². The van der Waals surface area contributed by atoms with Gasteiger partial charge in [0.2, 0.25) is 5.91 Å². The maximum Gasteiger partial charge on any atom is 0.343 e. The lowest BCUT2D eigenvalue weighted by Gasteiger charge is -2.06. The first kappa shape index (κ1) is 19.8. The summed E-state index contributed by atoms with van der Waals surface area (Å²) in [6.07, 6.45) is 1.74. The molecule has 0 aromatic heterocycles. The van der Waals surface area contributed by atoms with E-state index in [0.29, 0.717) is 22.6 Å². The third kappa shape index (κ3) is 6.04. The van der Waals surface area contributed by atoms with Crippen LogP contribution < -0.4 is 14.9 Å². The Labute approximate surface area is 168 Å². The molecular weight excluding hydrogens is 368 g/mol. The Hall–Kier alpha value is -3.93. The number of rotatable bonds is 7. The Bertz CT molecular complexity index is 999. The van der Waals surface area contributed by atoms with E-state index in [1.165, 1.54) is 6.21 Å². The van der Waals surface area contributed by atoms with Crippen LogP contribution in [-0.2, 0) is 11.2 Å². The molecule has 0 spiro atoms. The lowest BCUT2D eigenvalue weighted by molar-refractivity contribution is -0.120. The van der Waals surface area contributed by atoms with E-state index in [2.05, 4.69) is 10.5 Å². The van der Waals surface area contributed by atoms with Crippen LogP contribution >= 0.6 is 0 Å². The molecule has 0 saturated heterocycles. The summed E-state index contributed by atoms with van der Waals surface area (Å²) in [5.74, 6) is 0.354. The number of amides is 1. The molecule has 6 nitrogen and oxygen atoms in total. The third-order valence-corrected chi connectivity index (χ3v) is 4.00. The van der Waals surface area contributed by atoms with E-state index < -0.39 is 5.97 Å². The first-order chi connectivity index (χ1) is 14.1. The van der Waals surface area contributed by atoms with Crippen LogP contribution in [0.15, 0.2) is 84.0 Å². The zero-order valence-corrected chi connectivity index (χ0v) is 15.9. The van der Waals surface area contributed by atoms with Crippen LogP contribution in [0.3, 0.4) is 0 Å². The molecule has 3 aromatic rings. The first-order valence-corrected chi connectivity index (χ1v) is 8.96. The number of hydrogen-bond donors (Lipinski definition) is 1. The van der Waals surface area contributed by atoms with Crippen LogP contribution in [0.25, 0.3) is 0 Å². The van der Waals surface area contributed by atoms with Crippen molar-refractivity contribution in [3.8, 4) is 11.5 Å². The van der Waals surface area contributed by atoms with Gasteiger partial charge in [-0.1, -0.05) is 42.5 Å². The lowest BCUT2D eigenvalue weighted by atomic mass is 10.1. The highest BCUT2D eigenvalue weighted by molar-refractivity contribution is 5.91. The van der Waals surface area contributed by atoms with Gasteiger partial charge in [-0.2, -0.15) is 5.10 Å². The van der Waals surface area contributed by atoms with Crippen LogP contribution in [0.2, 0.25) is 0 Å². The Morgan fingerprint density at radius 1 is 0.931 bits per heavy atom. The molecule has 3 rings (SSSR count). The predicted molar refractivity (Wildman–Crippen MR) is 110 cm³/mol. The molecule has 29 heavy (non-hydrogen) atoms. The van der Waals surface area contributed by atoms with E-state index in [1.807, 2.05) is 30.3 Å². The highest BCUT2D eigenvalue weighted by Gasteiger charge is 2.09. The van der Waals surface area contributed by atoms with Crippen LogP contribution in [-0.4, -0.2) is 25.2 Å². The number of carbonyl (C=O) groups is 2. The molecule has 0 saturated carbocycles. The molecule has 0 aliphatic heterocycles. The Morgan fingerprint density at radius 3 is 2.41 bits per heavy atom. The predicted octanol–water partition coefficient (Wildman–Crippen LogP) is 3.61. The molecule has 0 atom stereocenters. The summed E-state index contributed by atoms with van der Waals surface area (Å²) in [6, 6.07) is 22.9. The van der Waals surface area contributed by atoms with Crippen molar-refractivity contribution in [1.82, 2.24) is 5.43 Å². The van der Waals surface area contributed by atoms with Gasteiger partial charge in [-0.05, 0) is 47.5 Å². The maximum absolute atomic E-state index is 12.2. The van der Waals surface area contributed by atoms with Crippen molar-refractivity contribution in [2.24, 2.45) is 5.10 Å². The Balaban J connectivity index is 1.56. The molecule has 0 aliphatic rings. The van der Waals surface area contributed by atoms with Crippen molar-refractivity contribution in [2.45, 2.75) is 6.42 Å². The minimum atomic E-state index is -0.474. The second-order valence-electron chi connectivity index (χ2n) is 6.15. The molecule has 0 bridgehead atoms. The van der Waals surface area contributed by atoms with Crippen molar-refractivity contribution >= 4 is 18.1 Å². The van der Waals surface area contributed by atoms with Crippen molar-refractivity contribution < 1.29 is 19.1 Å². The number of hydrogen-bond acceptors (Lipinski definition) is 5. The SMILES string of the molecule is COc1ccc(C(=O)Oc2cccc(C=NNC(=O)Cc3ccccc3)c2)cc1. The normalized spacial score (nSPS) is 10.5. The van der Waals surface area contributed by atoms with E-state index in [9.17, 15) is 9.59 Å². The zero-order valence-electron chi connectivity index (χ0n) is 15.9. The number of nitrogens with one attached hydrogen (secondary N) is 1. The fraction of sp³-hybridized carbons (Fsp3) is 0.0870. The average molecular weight is 388 g/mol. The fourth-order valence-corrected chi connectivity index (χ4v) is 2.55. The van der Waals surface area contributed by atoms with Crippen LogP contribution in [0, 0.1) is 0 Å². The Kier molecular flexibility index (Phi) is 6.73. The molecule has 146 valence electrons. The summed E-state index contributed by atoms with van der Waals surface area (Å²) >= 11 is 0. The molecular formula is C23H20N2O4. The van der Waals surface area contributed by atoms with E-state index >= 15 is 0 Å². The molecule has 1 amide bonds. The number of carbonyl (C=O) groups excluding carboxylic acids is 2. The molecule has 0 aliphatic carbocycles. The minimum absolute atomic E-state index is 0.213. The molecule has 0 radical (unpaired) electrons. The number of methoxy groups -OCH3 is 1. The van der Waals surface area contributed by atoms with Gasteiger partial charge in [0, 0.05) is 0 Å². The van der Waals surface area contributed by atoms with E-state index in [4.69, 9.17) is 9.47 Å². The molecule has 0 unspecified atom stereocenters. The van der Waals surface area contributed by atoms with Gasteiger partial charge in [0.25, 0.3) is 0 Å². The summed E-state index contributed by atoms with van der Waals surface area (Å²) < 4.78 is 10.5. The van der Waals surface area contributed by atoms with Crippen molar-refractivity contribution in [1.29, 1.82) is 0 Å². The summed E-state index contributed by atoms with van der Waals surface area (Å²) in [4.78, 5) is 24.2. The van der Waals surface area contributed by atoms with Gasteiger partial charge in [0.05, 0.1) is 25.3 Å². The first-order valence-electron chi connectivity index (χ1n) is 8.96. The fourth-order valence-electron chi connectivity index (χ4n) is 2.55. The average Bonchev–Trinajstić information content (AvgIpc) is 2.75. The zero-order chi connectivity index (χ0) is 20.5. The van der Waals surface area contributed by atoms with Gasteiger partial charge in [0.1, 0.15) is 11.5 Å². The number of benzene rings is 3. The topological polar surface area (TPSA) is 77.0 Å². The van der Waals surface area contributed by atoms with Gasteiger partial charge in [0.15, 0.2) is 0 Å². The standard InChI is InChI=1S/C23H20N2O4/c1-28-20-12-10-19(11-13-20)23(27)29-21-9-5-8-18(14-21)16-24-25-22(26)15-17-6-3-2-4-7-17/h2-14,16H,15H2,1H3,(H,25,26). The minimum Gasteiger partial charge on any atom is -0.497 e. The van der Waals surface area contributed by atoms with Crippen molar-refractivity contribution in [2.75, 3.05) is 7.11 Å². The van der Waals surface area contributed by atoms with Gasteiger partial charge < -0.3 is 9.47 Å². The van der Waals surface area contributed by atoms with E-state index in [1.54, 1.807) is 55.6 Å². The third-order valence-electron chi connectivity index (χ3n) is 4.00. The lowest BCUT2D eigenvalue weighted by Crippen LogP contribution is -2.19. The molecule has 6 heteroatoms. The highest BCUT2D eigenvalue weighted by atomic mass is 16.5. The summed E-state index contributed by atoms with van der Waals surface area (Å²) in [5.41, 5.74) is 4.50. The number of esters is 1. The molecule has 0 heterocycles. The van der Waals surface area contributed by atoms with Crippen molar-refractivity contribution in [3.63, 3.8) is 0 Å². The second-order valence-corrected chi connectivity index (χ2v) is 6.15. The smallest absolute Gasteiger partial charge is 0.343 e. The summed E-state index contributed by atoms with van der Waals surface area (Å²) in [5, 5.41) is 3.96. The second kappa shape index (κ2) is 9.85. The Morgan fingerprint density at radius 2 is 1.69 bits per heavy atom. The molecule has 0 fully saturated rings. The number of nitrogens with zero attached hydrogens (tertiary/aromatic N) is 1. The highest BCUT2D eigenvalue weighted by Crippen LogP contribution is 2.16. The van der Waals surface area contributed by atoms with Gasteiger partial charge >= 0.3 is 5.97 Å². The maximum atomic E-state index is 12.2. The van der Waals surface area contributed by atoms with E-state index in [-0.39, 0.29) is 12.3 Å². The monoisotopic (exact) mass is 388 g/mol.